The molecule has 2 heterocycles. The van der Waals surface area contributed by atoms with E-state index in [-0.39, 0.29) is 5.92 Å². The summed E-state index contributed by atoms with van der Waals surface area (Å²) in [6.45, 7) is 2.11. The van der Waals surface area contributed by atoms with Crippen LogP contribution in [0.2, 0.25) is 0 Å². The standard InChI is InChI=1S/C27H25N3O2S/c1-16-10-20(3-5-23(16)21-8-9-33-15-21)27-29-26(30-32-27)19-2-6-24-18(13-19)4-7-25(24)28-22-11-17(12-22)14-31/h2-3,5-6,8-10,13-15,17,22,25,28H,4,7,11-12H2,1H3/t17?,22?,25-/m1/s1. The Morgan fingerprint density at radius 3 is 2.76 bits per heavy atom. The van der Waals surface area contributed by atoms with Gasteiger partial charge in [-0.2, -0.15) is 16.3 Å². The van der Waals surface area contributed by atoms with Crippen molar-refractivity contribution in [2.75, 3.05) is 0 Å². The lowest BCUT2D eigenvalue weighted by atomic mass is 9.81. The number of thiophene rings is 1. The van der Waals surface area contributed by atoms with Crippen LogP contribution in [0.25, 0.3) is 34.0 Å². The van der Waals surface area contributed by atoms with Crippen molar-refractivity contribution in [1.82, 2.24) is 15.5 Å². The van der Waals surface area contributed by atoms with Gasteiger partial charge in [0.05, 0.1) is 0 Å². The van der Waals surface area contributed by atoms with Crippen molar-refractivity contribution in [2.45, 2.75) is 44.7 Å². The number of nitrogens with one attached hydrogen (secondary N) is 1. The number of aldehydes is 1. The highest BCUT2D eigenvalue weighted by atomic mass is 32.1. The van der Waals surface area contributed by atoms with Crippen LogP contribution in [0.4, 0.5) is 0 Å². The third-order valence-corrected chi connectivity index (χ3v) is 7.70. The first-order valence-corrected chi connectivity index (χ1v) is 12.4. The van der Waals surface area contributed by atoms with Crippen molar-refractivity contribution in [3.8, 4) is 34.0 Å². The lowest BCUT2D eigenvalue weighted by Gasteiger charge is -2.35. The van der Waals surface area contributed by atoms with E-state index >= 15 is 0 Å². The van der Waals surface area contributed by atoms with E-state index in [1.165, 1.54) is 27.8 Å². The number of carbonyl (C=O) groups excluding carboxylic acids is 1. The molecule has 2 aliphatic carbocycles. The minimum atomic E-state index is 0.244. The van der Waals surface area contributed by atoms with Crippen LogP contribution < -0.4 is 5.32 Å². The molecule has 0 amide bonds. The summed E-state index contributed by atoms with van der Waals surface area (Å²) in [4.78, 5) is 15.6. The molecule has 1 fully saturated rings. The molecule has 0 radical (unpaired) electrons. The lowest BCUT2D eigenvalue weighted by Crippen LogP contribution is -2.43. The molecular formula is C27H25N3O2S. The molecule has 0 spiro atoms. The molecule has 0 aliphatic heterocycles. The molecule has 5 nitrogen and oxygen atoms in total. The minimum absolute atomic E-state index is 0.244. The van der Waals surface area contributed by atoms with Crippen LogP contribution >= 0.6 is 11.3 Å². The van der Waals surface area contributed by atoms with Gasteiger partial charge in [0, 0.05) is 29.1 Å². The summed E-state index contributed by atoms with van der Waals surface area (Å²) in [5.41, 5.74) is 8.28. The lowest BCUT2D eigenvalue weighted by molar-refractivity contribution is -0.113. The third-order valence-electron chi connectivity index (χ3n) is 7.01. The summed E-state index contributed by atoms with van der Waals surface area (Å²) in [6, 6.07) is 15.7. The Hall–Kier alpha value is -3.09. The van der Waals surface area contributed by atoms with Crippen LogP contribution in [-0.4, -0.2) is 22.5 Å². The van der Waals surface area contributed by atoms with Gasteiger partial charge in [-0.25, -0.2) is 0 Å². The van der Waals surface area contributed by atoms with E-state index in [1.54, 1.807) is 11.3 Å². The maximum absolute atomic E-state index is 10.9. The predicted molar refractivity (Wildman–Crippen MR) is 130 cm³/mol. The highest BCUT2D eigenvalue weighted by Gasteiger charge is 2.32. The highest BCUT2D eigenvalue weighted by Crippen LogP contribution is 2.37. The van der Waals surface area contributed by atoms with Gasteiger partial charge >= 0.3 is 0 Å². The molecule has 166 valence electrons. The molecule has 0 bridgehead atoms. The molecule has 4 aromatic rings. The summed E-state index contributed by atoms with van der Waals surface area (Å²) in [7, 11) is 0. The molecule has 33 heavy (non-hydrogen) atoms. The molecule has 1 saturated carbocycles. The van der Waals surface area contributed by atoms with E-state index in [0.29, 0.717) is 23.8 Å². The van der Waals surface area contributed by atoms with Crippen LogP contribution in [-0.2, 0) is 11.2 Å². The highest BCUT2D eigenvalue weighted by molar-refractivity contribution is 7.08. The second-order valence-corrected chi connectivity index (χ2v) is 9.98. The molecule has 2 aliphatic rings. The van der Waals surface area contributed by atoms with E-state index in [2.05, 4.69) is 64.6 Å². The van der Waals surface area contributed by atoms with Gasteiger partial charge in [-0.3, -0.25) is 0 Å². The maximum Gasteiger partial charge on any atom is 0.258 e. The van der Waals surface area contributed by atoms with Gasteiger partial charge in [0.2, 0.25) is 5.82 Å². The van der Waals surface area contributed by atoms with Crippen molar-refractivity contribution in [1.29, 1.82) is 0 Å². The number of nitrogens with zero attached hydrogens (tertiary/aromatic N) is 2. The average Bonchev–Trinajstić information content (AvgIpc) is 3.56. The number of hydrogen-bond donors (Lipinski definition) is 1. The smallest absolute Gasteiger partial charge is 0.258 e. The maximum atomic E-state index is 10.9. The first-order valence-electron chi connectivity index (χ1n) is 11.5. The van der Waals surface area contributed by atoms with E-state index in [1.807, 2.05) is 6.07 Å². The fourth-order valence-corrected chi connectivity index (χ4v) is 5.78. The normalized spacial score (nSPS) is 21.5. The second kappa shape index (κ2) is 8.36. The van der Waals surface area contributed by atoms with Crippen molar-refractivity contribution in [3.63, 3.8) is 0 Å². The zero-order valence-electron chi connectivity index (χ0n) is 18.5. The van der Waals surface area contributed by atoms with Crippen molar-refractivity contribution in [2.24, 2.45) is 5.92 Å². The van der Waals surface area contributed by atoms with Gasteiger partial charge in [0.15, 0.2) is 0 Å². The van der Waals surface area contributed by atoms with Crippen LogP contribution in [0.15, 0.2) is 57.7 Å². The van der Waals surface area contributed by atoms with Crippen LogP contribution in [0.3, 0.4) is 0 Å². The summed E-state index contributed by atoms with van der Waals surface area (Å²) >= 11 is 1.70. The Bertz CT molecular complexity index is 1300. The van der Waals surface area contributed by atoms with Crippen molar-refractivity contribution < 1.29 is 9.32 Å². The van der Waals surface area contributed by atoms with E-state index in [0.717, 1.165) is 43.1 Å². The zero-order chi connectivity index (χ0) is 22.4. The van der Waals surface area contributed by atoms with Crippen LogP contribution in [0.1, 0.15) is 42.0 Å². The van der Waals surface area contributed by atoms with Gasteiger partial charge in [0.1, 0.15) is 6.29 Å². The van der Waals surface area contributed by atoms with Gasteiger partial charge in [0.25, 0.3) is 5.89 Å². The van der Waals surface area contributed by atoms with Gasteiger partial charge in [-0.05, 0) is 95.4 Å². The molecule has 2 aromatic carbocycles. The predicted octanol–water partition coefficient (Wildman–Crippen LogP) is 5.99. The number of rotatable bonds is 6. The first kappa shape index (κ1) is 20.5. The molecule has 6 rings (SSSR count). The Kier molecular flexibility index (Phi) is 5.19. The molecule has 0 saturated heterocycles. The molecule has 0 unspecified atom stereocenters. The molecule has 6 heteroatoms. The average molecular weight is 456 g/mol. The number of fused-ring (bicyclic) bond motifs is 1. The zero-order valence-corrected chi connectivity index (χ0v) is 19.3. The number of hydrogen-bond acceptors (Lipinski definition) is 6. The quantitative estimate of drug-likeness (QED) is 0.362. The monoisotopic (exact) mass is 455 g/mol. The van der Waals surface area contributed by atoms with Gasteiger partial charge in [-0.1, -0.05) is 23.4 Å². The Morgan fingerprint density at radius 2 is 1.97 bits per heavy atom. The fraction of sp³-hybridized carbons (Fsp3) is 0.296. The van der Waals surface area contributed by atoms with Crippen molar-refractivity contribution in [3.05, 3.63) is 69.9 Å². The van der Waals surface area contributed by atoms with Gasteiger partial charge < -0.3 is 14.6 Å². The van der Waals surface area contributed by atoms with E-state index < -0.39 is 0 Å². The number of carbonyl (C=O) groups is 1. The molecule has 1 atom stereocenters. The summed E-state index contributed by atoms with van der Waals surface area (Å²) in [5, 5.41) is 12.3. The topological polar surface area (TPSA) is 68.0 Å². The van der Waals surface area contributed by atoms with Crippen LogP contribution in [0.5, 0.6) is 0 Å². The first-order chi connectivity index (χ1) is 16.2. The summed E-state index contributed by atoms with van der Waals surface area (Å²) in [5.74, 6) is 1.41. The third kappa shape index (κ3) is 3.83. The Morgan fingerprint density at radius 1 is 1.09 bits per heavy atom. The summed E-state index contributed by atoms with van der Waals surface area (Å²) < 4.78 is 5.63. The van der Waals surface area contributed by atoms with Crippen molar-refractivity contribution >= 4 is 17.6 Å². The summed E-state index contributed by atoms with van der Waals surface area (Å²) in [6.07, 6.45) is 5.15. The molecular weight excluding hydrogens is 430 g/mol. The fourth-order valence-electron chi connectivity index (χ4n) is 5.12. The number of benzene rings is 2. The number of aromatic nitrogens is 2. The Balaban J connectivity index is 1.20. The van der Waals surface area contributed by atoms with Crippen LogP contribution in [0, 0.1) is 12.8 Å². The van der Waals surface area contributed by atoms with Gasteiger partial charge in [-0.15, -0.1) is 0 Å². The van der Waals surface area contributed by atoms with E-state index in [9.17, 15) is 4.79 Å². The molecule has 1 N–H and O–H groups in total. The SMILES string of the molecule is Cc1cc(-c2nc(-c3ccc4c(c3)CC[C@H]4NC3CC(C=O)C3)no2)ccc1-c1ccsc1. The Labute approximate surface area is 196 Å². The minimum Gasteiger partial charge on any atom is -0.334 e. The largest absolute Gasteiger partial charge is 0.334 e. The second-order valence-electron chi connectivity index (χ2n) is 9.20. The molecule has 2 aromatic heterocycles. The van der Waals surface area contributed by atoms with E-state index in [4.69, 9.17) is 9.51 Å². The number of aryl methyl sites for hydroxylation is 2.